The van der Waals surface area contributed by atoms with Gasteiger partial charge in [-0.25, -0.2) is 0 Å². The molecule has 2 heteroatoms. The summed E-state index contributed by atoms with van der Waals surface area (Å²) >= 11 is 0. The summed E-state index contributed by atoms with van der Waals surface area (Å²) in [4.78, 5) is 2.66. The molecule has 1 N–H and O–H groups in total. The summed E-state index contributed by atoms with van der Waals surface area (Å²) in [6.45, 7) is 2.57. The standard InChI is InChI=1S/C15H25NO/c17-15-11-7-12-9-16(14(15)13(12)8-11)6-5-10-3-1-2-4-10/h10-15,17H,1-9H2. The van der Waals surface area contributed by atoms with E-state index < -0.39 is 0 Å². The van der Waals surface area contributed by atoms with Gasteiger partial charge in [-0.3, -0.25) is 4.90 Å². The van der Waals surface area contributed by atoms with E-state index >= 15 is 0 Å². The van der Waals surface area contributed by atoms with Gasteiger partial charge in [0.15, 0.2) is 0 Å². The summed E-state index contributed by atoms with van der Waals surface area (Å²) in [7, 11) is 0. The summed E-state index contributed by atoms with van der Waals surface area (Å²) in [5.41, 5.74) is 0. The fourth-order valence-electron chi connectivity index (χ4n) is 5.44. The molecule has 4 aliphatic rings. The maximum absolute atomic E-state index is 10.3. The van der Waals surface area contributed by atoms with E-state index in [2.05, 4.69) is 4.90 Å². The van der Waals surface area contributed by atoms with Crippen LogP contribution in [0, 0.1) is 23.7 Å². The zero-order chi connectivity index (χ0) is 11.4. The van der Waals surface area contributed by atoms with Crippen LogP contribution in [-0.2, 0) is 0 Å². The molecule has 4 rings (SSSR count). The Morgan fingerprint density at radius 2 is 1.88 bits per heavy atom. The first-order valence-corrected chi connectivity index (χ1v) is 7.75. The first-order valence-electron chi connectivity index (χ1n) is 7.75. The summed E-state index contributed by atoms with van der Waals surface area (Å²) in [6, 6.07) is 0.556. The minimum atomic E-state index is 0.0160. The Labute approximate surface area is 104 Å². The van der Waals surface area contributed by atoms with Crippen molar-refractivity contribution in [3.05, 3.63) is 0 Å². The van der Waals surface area contributed by atoms with Gasteiger partial charge >= 0.3 is 0 Å². The van der Waals surface area contributed by atoms with Crippen molar-refractivity contribution in [2.75, 3.05) is 13.1 Å². The maximum atomic E-state index is 10.3. The zero-order valence-corrected chi connectivity index (χ0v) is 10.7. The van der Waals surface area contributed by atoms with Gasteiger partial charge in [-0.05, 0) is 49.5 Å². The quantitative estimate of drug-likeness (QED) is 0.811. The second-order valence-corrected chi connectivity index (χ2v) is 7.07. The molecular weight excluding hydrogens is 210 g/mol. The predicted octanol–water partition coefficient (Wildman–Crippen LogP) is 2.27. The molecule has 0 aromatic heterocycles. The molecular formula is C15H25NO. The highest BCUT2D eigenvalue weighted by molar-refractivity contribution is 5.10. The summed E-state index contributed by atoms with van der Waals surface area (Å²) < 4.78 is 0. The van der Waals surface area contributed by atoms with Crippen LogP contribution in [0.3, 0.4) is 0 Å². The first-order chi connectivity index (χ1) is 8.33. The van der Waals surface area contributed by atoms with E-state index in [4.69, 9.17) is 0 Å². The average Bonchev–Trinajstić information content (AvgIpc) is 3.02. The van der Waals surface area contributed by atoms with Gasteiger partial charge in [-0.15, -0.1) is 0 Å². The Balaban J connectivity index is 1.39. The molecule has 4 fully saturated rings. The fourth-order valence-corrected chi connectivity index (χ4v) is 5.44. The van der Waals surface area contributed by atoms with Crippen LogP contribution in [0.1, 0.15) is 44.9 Å². The van der Waals surface area contributed by atoms with Crippen LogP contribution in [0.5, 0.6) is 0 Å². The number of hydrogen-bond donors (Lipinski definition) is 1. The average molecular weight is 235 g/mol. The number of hydrogen-bond acceptors (Lipinski definition) is 2. The zero-order valence-electron chi connectivity index (χ0n) is 10.7. The van der Waals surface area contributed by atoms with Gasteiger partial charge in [0.1, 0.15) is 0 Å². The SMILES string of the molecule is OC1C2CC3CN(CCC4CCCC4)C1C3C2. The van der Waals surface area contributed by atoms with E-state index in [0.29, 0.717) is 12.0 Å². The molecule has 5 atom stereocenters. The van der Waals surface area contributed by atoms with Gasteiger partial charge in [0.05, 0.1) is 6.10 Å². The van der Waals surface area contributed by atoms with Crippen LogP contribution >= 0.6 is 0 Å². The van der Waals surface area contributed by atoms with E-state index in [9.17, 15) is 5.11 Å². The third-order valence-electron chi connectivity index (χ3n) is 6.25. The molecule has 3 aliphatic carbocycles. The van der Waals surface area contributed by atoms with E-state index in [1.54, 1.807) is 0 Å². The van der Waals surface area contributed by atoms with E-state index in [-0.39, 0.29) is 6.10 Å². The lowest BCUT2D eigenvalue weighted by Gasteiger charge is -2.29. The van der Waals surface area contributed by atoms with Crippen molar-refractivity contribution in [3.63, 3.8) is 0 Å². The molecule has 1 aliphatic heterocycles. The van der Waals surface area contributed by atoms with E-state index in [1.807, 2.05) is 0 Å². The summed E-state index contributed by atoms with van der Waals surface area (Å²) in [6.07, 6.45) is 9.93. The molecule has 0 spiro atoms. The van der Waals surface area contributed by atoms with Crippen molar-refractivity contribution in [2.24, 2.45) is 23.7 Å². The van der Waals surface area contributed by atoms with Crippen molar-refractivity contribution >= 4 is 0 Å². The lowest BCUT2D eigenvalue weighted by Crippen LogP contribution is -2.41. The molecule has 3 saturated carbocycles. The lowest BCUT2D eigenvalue weighted by atomic mass is 9.88. The highest BCUT2D eigenvalue weighted by Crippen LogP contribution is 2.54. The largest absolute Gasteiger partial charge is 0.391 e. The van der Waals surface area contributed by atoms with Crippen molar-refractivity contribution < 1.29 is 5.11 Å². The van der Waals surface area contributed by atoms with Gasteiger partial charge < -0.3 is 5.11 Å². The number of aliphatic hydroxyl groups excluding tert-OH is 1. The van der Waals surface area contributed by atoms with Crippen molar-refractivity contribution in [2.45, 2.75) is 57.1 Å². The molecule has 17 heavy (non-hydrogen) atoms. The predicted molar refractivity (Wildman–Crippen MR) is 67.6 cm³/mol. The Bertz CT molecular complexity index is 297. The molecule has 2 bridgehead atoms. The molecule has 96 valence electrons. The lowest BCUT2D eigenvalue weighted by molar-refractivity contribution is 0.0492. The maximum Gasteiger partial charge on any atom is 0.0726 e. The third-order valence-corrected chi connectivity index (χ3v) is 6.25. The van der Waals surface area contributed by atoms with Crippen LogP contribution < -0.4 is 0 Å². The second kappa shape index (κ2) is 3.96. The molecule has 0 aromatic rings. The van der Waals surface area contributed by atoms with Crippen LogP contribution in [-0.4, -0.2) is 35.2 Å². The molecule has 1 heterocycles. The minimum absolute atomic E-state index is 0.0160. The van der Waals surface area contributed by atoms with Crippen molar-refractivity contribution in [1.29, 1.82) is 0 Å². The normalized spacial score (nSPS) is 49.6. The van der Waals surface area contributed by atoms with Crippen LogP contribution in [0.2, 0.25) is 0 Å². The van der Waals surface area contributed by atoms with Crippen LogP contribution in [0.4, 0.5) is 0 Å². The number of fused-ring (bicyclic) bond motifs is 1. The highest BCUT2D eigenvalue weighted by Gasteiger charge is 2.58. The first kappa shape index (κ1) is 10.8. The Morgan fingerprint density at radius 1 is 1.06 bits per heavy atom. The third kappa shape index (κ3) is 1.60. The smallest absolute Gasteiger partial charge is 0.0726 e. The molecule has 0 aromatic carbocycles. The molecule has 0 radical (unpaired) electrons. The van der Waals surface area contributed by atoms with E-state index in [0.717, 1.165) is 17.8 Å². The van der Waals surface area contributed by atoms with Gasteiger partial charge in [0.25, 0.3) is 0 Å². The number of likely N-dealkylation sites (tertiary alicyclic amines) is 1. The summed E-state index contributed by atoms with van der Waals surface area (Å²) in [5.74, 6) is 3.46. The Hall–Kier alpha value is -0.0800. The van der Waals surface area contributed by atoms with Crippen molar-refractivity contribution in [1.82, 2.24) is 4.90 Å². The summed E-state index contributed by atoms with van der Waals surface area (Å²) in [5, 5.41) is 10.3. The Morgan fingerprint density at radius 3 is 2.65 bits per heavy atom. The van der Waals surface area contributed by atoms with Crippen LogP contribution in [0.25, 0.3) is 0 Å². The number of nitrogens with zero attached hydrogens (tertiary/aromatic N) is 1. The Kier molecular flexibility index (Phi) is 2.52. The van der Waals surface area contributed by atoms with Gasteiger partial charge in [-0.2, -0.15) is 0 Å². The number of rotatable bonds is 3. The topological polar surface area (TPSA) is 23.5 Å². The minimum Gasteiger partial charge on any atom is -0.391 e. The molecule has 1 saturated heterocycles. The van der Waals surface area contributed by atoms with Gasteiger partial charge in [0.2, 0.25) is 0 Å². The highest BCUT2D eigenvalue weighted by atomic mass is 16.3. The second-order valence-electron chi connectivity index (χ2n) is 7.07. The fraction of sp³-hybridized carbons (Fsp3) is 1.00. The monoisotopic (exact) mass is 235 g/mol. The van der Waals surface area contributed by atoms with E-state index in [1.165, 1.54) is 58.0 Å². The van der Waals surface area contributed by atoms with Gasteiger partial charge in [0, 0.05) is 12.6 Å². The number of aliphatic hydroxyl groups is 1. The van der Waals surface area contributed by atoms with Gasteiger partial charge in [-0.1, -0.05) is 25.7 Å². The van der Waals surface area contributed by atoms with Crippen molar-refractivity contribution in [3.8, 4) is 0 Å². The molecule has 2 nitrogen and oxygen atoms in total. The molecule has 0 amide bonds. The molecule has 5 unspecified atom stereocenters. The van der Waals surface area contributed by atoms with Crippen LogP contribution in [0.15, 0.2) is 0 Å².